The average Bonchev–Trinajstić information content (AvgIpc) is 3.37. The summed E-state index contributed by atoms with van der Waals surface area (Å²) in [7, 11) is 1.59. The molecule has 28 heavy (non-hydrogen) atoms. The van der Waals surface area contributed by atoms with E-state index >= 15 is 0 Å². The van der Waals surface area contributed by atoms with Gasteiger partial charge < -0.3 is 10.1 Å². The summed E-state index contributed by atoms with van der Waals surface area (Å²) in [4.78, 5) is 25.1. The summed E-state index contributed by atoms with van der Waals surface area (Å²) in [6.07, 6.45) is 4.86. The number of hydrogen-bond donors (Lipinski definition) is 2. The van der Waals surface area contributed by atoms with E-state index in [4.69, 9.17) is 4.74 Å². The van der Waals surface area contributed by atoms with Gasteiger partial charge in [0.25, 0.3) is 5.91 Å². The van der Waals surface area contributed by atoms with Gasteiger partial charge in [-0.3, -0.25) is 14.5 Å². The molecule has 0 fully saturated rings. The van der Waals surface area contributed by atoms with Gasteiger partial charge in [0, 0.05) is 24.0 Å². The molecule has 0 bridgehead atoms. The Labute approximate surface area is 160 Å². The van der Waals surface area contributed by atoms with Gasteiger partial charge in [-0.15, -0.1) is 0 Å². The molecule has 0 aliphatic rings. The van der Waals surface area contributed by atoms with Crippen molar-refractivity contribution in [3.8, 4) is 22.8 Å². The van der Waals surface area contributed by atoms with Gasteiger partial charge >= 0.3 is 0 Å². The van der Waals surface area contributed by atoms with E-state index in [1.54, 1.807) is 36.2 Å². The van der Waals surface area contributed by atoms with Gasteiger partial charge in [-0.05, 0) is 25.1 Å². The van der Waals surface area contributed by atoms with Crippen LogP contribution in [0.5, 0.6) is 5.75 Å². The maximum absolute atomic E-state index is 12.6. The van der Waals surface area contributed by atoms with Crippen LogP contribution in [0, 0.1) is 6.92 Å². The fourth-order valence-corrected chi connectivity index (χ4v) is 2.78. The molecule has 140 valence electrons. The number of para-hydroxylation sites is 1. The average molecular weight is 375 g/mol. The Hall–Kier alpha value is -4.01. The summed E-state index contributed by atoms with van der Waals surface area (Å²) in [5.41, 5.74) is 1.71. The van der Waals surface area contributed by atoms with Gasteiger partial charge in [0.2, 0.25) is 0 Å². The Balaban J connectivity index is 1.55. The molecule has 3 aromatic heterocycles. The van der Waals surface area contributed by atoms with E-state index in [1.165, 1.54) is 6.33 Å². The minimum Gasteiger partial charge on any atom is -0.496 e. The molecule has 4 aromatic rings. The Kier molecular flexibility index (Phi) is 4.55. The van der Waals surface area contributed by atoms with Gasteiger partial charge in [-0.25, -0.2) is 15.0 Å². The lowest BCUT2D eigenvalue weighted by Gasteiger charge is -2.06. The summed E-state index contributed by atoms with van der Waals surface area (Å²) in [5.74, 6) is 2.08. The van der Waals surface area contributed by atoms with Crippen molar-refractivity contribution in [1.29, 1.82) is 0 Å². The molecule has 0 unspecified atom stereocenters. The second-order valence-electron chi connectivity index (χ2n) is 5.93. The molecule has 3 heterocycles. The summed E-state index contributed by atoms with van der Waals surface area (Å²) < 4.78 is 7.14. The van der Waals surface area contributed by atoms with Crippen LogP contribution in [0.1, 0.15) is 16.3 Å². The SMILES string of the molecule is COc1ccccc1-c1cc(C(=O)Nc2cc(-n3ccnc3C)ncn2)[nH]n1. The first kappa shape index (κ1) is 17.4. The van der Waals surface area contributed by atoms with Crippen molar-refractivity contribution in [2.24, 2.45) is 0 Å². The van der Waals surface area contributed by atoms with E-state index in [2.05, 4.69) is 30.5 Å². The third-order valence-electron chi connectivity index (χ3n) is 4.17. The minimum absolute atomic E-state index is 0.305. The van der Waals surface area contributed by atoms with Crippen molar-refractivity contribution >= 4 is 11.7 Å². The lowest BCUT2D eigenvalue weighted by Crippen LogP contribution is -2.14. The zero-order valence-electron chi connectivity index (χ0n) is 15.2. The van der Waals surface area contributed by atoms with E-state index in [0.717, 1.165) is 11.4 Å². The Morgan fingerprint density at radius 1 is 1.18 bits per heavy atom. The molecule has 0 saturated heterocycles. The predicted octanol–water partition coefficient (Wildman–Crippen LogP) is 2.62. The van der Waals surface area contributed by atoms with Crippen LogP contribution in [-0.4, -0.2) is 42.7 Å². The molecule has 1 aromatic carbocycles. The molecule has 0 aliphatic heterocycles. The summed E-state index contributed by atoms with van der Waals surface area (Å²) in [5, 5.41) is 9.71. The molecule has 9 heteroatoms. The first-order valence-electron chi connectivity index (χ1n) is 8.48. The summed E-state index contributed by atoms with van der Waals surface area (Å²) in [6, 6.07) is 10.8. The highest BCUT2D eigenvalue weighted by atomic mass is 16.5. The summed E-state index contributed by atoms with van der Waals surface area (Å²) in [6.45, 7) is 1.87. The number of anilines is 1. The lowest BCUT2D eigenvalue weighted by molar-refractivity contribution is 0.102. The molecule has 0 atom stereocenters. The van der Waals surface area contributed by atoms with Crippen molar-refractivity contribution in [1.82, 2.24) is 29.7 Å². The standard InChI is InChI=1S/C19H17N7O2/c1-12-20-7-8-26(12)18-10-17(21-11-22-18)23-19(27)15-9-14(24-25-15)13-5-3-4-6-16(13)28-2/h3-11H,1-2H3,(H,24,25)(H,21,22,23,27). The fourth-order valence-electron chi connectivity index (χ4n) is 2.78. The number of rotatable bonds is 5. The number of nitrogens with one attached hydrogen (secondary N) is 2. The molecule has 9 nitrogen and oxygen atoms in total. The van der Waals surface area contributed by atoms with Crippen LogP contribution in [0.25, 0.3) is 17.1 Å². The third kappa shape index (κ3) is 3.32. The van der Waals surface area contributed by atoms with Gasteiger partial charge in [0.1, 0.15) is 35.2 Å². The van der Waals surface area contributed by atoms with Crippen molar-refractivity contribution in [2.45, 2.75) is 6.92 Å². The zero-order chi connectivity index (χ0) is 19.5. The van der Waals surface area contributed by atoms with E-state index in [9.17, 15) is 4.79 Å². The van der Waals surface area contributed by atoms with E-state index < -0.39 is 0 Å². The Bertz CT molecular complexity index is 1130. The number of aromatic nitrogens is 6. The second-order valence-corrected chi connectivity index (χ2v) is 5.93. The fraction of sp³-hybridized carbons (Fsp3) is 0.105. The normalized spacial score (nSPS) is 10.6. The zero-order valence-corrected chi connectivity index (χ0v) is 15.2. The molecule has 4 rings (SSSR count). The number of aryl methyl sites for hydroxylation is 1. The molecular weight excluding hydrogens is 358 g/mol. The predicted molar refractivity (Wildman–Crippen MR) is 102 cm³/mol. The number of H-pyrrole nitrogens is 1. The largest absolute Gasteiger partial charge is 0.496 e. The van der Waals surface area contributed by atoms with E-state index in [1.807, 2.05) is 31.2 Å². The van der Waals surface area contributed by atoms with Gasteiger partial charge in [-0.1, -0.05) is 12.1 Å². The number of aromatic amines is 1. The van der Waals surface area contributed by atoms with Crippen LogP contribution < -0.4 is 10.1 Å². The molecule has 0 spiro atoms. The number of amides is 1. The maximum Gasteiger partial charge on any atom is 0.274 e. The number of benzene rings is 1. The topological polar surface area (TPSA) is 111 Å². The van der Waals surface area contributed by atoms with Gasteiger partial charge in [-0.2, -0.15) is 5.10 Å². The number of carbonyl (C=O) groups excluding carboxylic acids is 1. The van der Waals surface area contributed by atoms with Crippen LogP contribution in [0.4, 0.5) is 5.82 Å². The van der Waals surface area contributed by atoms with Crippen LogP contribution in [0.3, 0.4) is 0 Å². The molecular formula is C19H17N7O2. The van der Waals surface area contributed by atoms with Crippen LogP contribution in [-0.2, 0) is 0 Å². The highest BCUT2D eigenvalue weighted by Crippen LogP contribution is 2.28. The lowest BCUT2D eigenvalue weighted by atomic mass is 10.1. The van der Waals surface area contributed by atoms with Crippen LogP contribution >= 0.6 is 0 Å². The molecule has 1 amide bonds. The van der Waals surface area contributed by atoms with E-state index in [-0.39, 0.29) is 5.91 Å². The molecule has 0 saturated carbocycles. The quantitative estimate of drug-likeness (QED) is 0.555. The third-order valence-corrected chi connectivity index (χ3v) is 4.17. The number of hydrogen-bond acceptors (Lipinski definition) is 6. The number of ether oxygens (including phenoxy) is 1. The Morgan fingerprint density at radius 3 is 2.82 bits per heavy atom. The van der Waals surface area contributed by atoms with Crippen molar-refractivity contribution in [2.75, 3.05) is 12.4 Å². The first-order valence-corrected chi connectivity index (χ1v) is 8.48. The van der Waals surface area contributed by atoms with Crippen molar-refractivity contribution in [3.63, 3.8) is 0 Å². The Morgan fingerprint density at radius 2 is 2.04 bits per heavy atom. The number of carbonyl (C=O) groups is 1. The highest BCUT2D eigenvalue weighted by Gasteiger charge is 2.15. The minimum atomic E-state index is -0.361. The first-order chi connectivity index (χ1) is 13.7. The highest BCUT2D eigenvalue weighted by molar-refractivity contribution is 6.03. The number of nitrogens with zero attached hydrogens (tertiary/aromatic N) is 5. The van der Waals surface area contributed by atoms with Gasteiger partial charge in [0.15, 0.2) is 0 Å². The van der Waals surface area contributed by atoms with Gasteiger partial charge in [0.05, 0.1) is 12.8 Å². The number of imidazole rings is 1. The van der Waals surface area contributed by atoms with Crippen molar-refractivity contribution in [3.05, 3.63) is 66.6 Å². The summed E-state index contributed by atoms with van der Waals surface area (Å²) >= 11 is 0. The monoisotopic (exact) mass is 375 g/mol. The molecule has 0 aliphatic carbocycles. The second kappa shape index (κ2) is 7.31. The van der Waals surface area contributed by atoms with Crippen LogP contribution in [0.15, 0.2) is 55.1 Å². The smallest absolute Gasteiger partial charge is 0.274 e. The van der Waals surface area contributed by atoms with E-state index in [0.29, 0.717) is 28.8 Å². The number of methoxy groups -OCH3 is 1. The van der Waals surface area contributed by atoms with Crippen molar-refractivity contribution < 1.29 is 9.53 Å². The van der Waals surface area contributed by atoms with Crippen LogP contribution in [0.2, 0.25) is 0 Å². The molecule has 2 N–H and O–H groups in total. The maximum atomic E-state index is 12.6. The molecule has 0 radical (unpaired) electrons.